The summed E-state index contributed by atoms with van der Waals surface area (Å²) in [6, 6.07) is 0. The summed E-state index contributed by atoms with van der Waals surface area (Å²) in [6.07, 6.45) is 2.93. The summed E-state index contributed by atoms with van der Waals surface area (Å²) >= 11 is 1.65. The van der Waals surface area contributed by atoms with Crippen molar-refractivity contribution in [1.82, 2.24) is 0 Å². The molecule has 0 aliphatic carbocycles. The maximum absolute atomic E-state index is 10.8. The standard InChI is InChI=1S/C9H14O2S/c1-4-8(12-3)6-7-9(10)11-5-2/h8H,4-5H2,1-3H3. The Morgan fingerprint density at radius 1 is 1.58 bits per heavy atom. The molecule has 0 saturated carbocycles. The Morgan fingerprint density at radius 2 is 2.25 bits per heavy atom. The molecule has 0 N–H and O–H groups in total. The molecule has 0 heterocycles. The van der Waals surface area contributed by atoms with Crippen molar-refractivity contribution in [2.45, 2.75) is 25.5 Å². The van der Waals surface area contributed by atoms with E-state index in [1.165, 1.54) is 0 Å². The fourth-order valence-electron chi connectivity index (χ4n) is 0.634. The second-order valence-electron chi connectivity index (χ2n) is 2.12. The van der Waals surface area contributed by atoms with Crippen LogP contribution in [0.2, 0.25) is 0 Å². The SMILES string of the molecule is CCOC(=O)C#CC(CC)SC. The summed E-state index contributed by atoms with van der Waals surface area (Å²) in [6.45, 7) is 4.20. The Labute approximate surface area is 78.1 Å². The van der Waals surface area contributed by atoms with E-state index in [1.54, 1.807) is 18.7 Å². The Balaban J connectivity index is 3.90. The highest BCUT2D eigenvalue weighted by molar-refractivity contribution is 7.99. The van der Waals surface area contributed by atoms with E-state index in [0.29, 0.717) is 6.61 Å². The molecule has 3 heteroatoms. The zero-order valence-corrected chi connectivity index (χ0v) is 8.53. The van der Waals surface area contributed by atoms with Crippen LogP contribution in [-0.4, -0.2) is 24.1 Å². The van der Waals surface area contributed by atoms with E-state index in [1.807, 2.05) is 13.2 Å². The molecular formula is C9H14O2S. The molecule has 1 atom stereocenters. The van der Waals surface area contributed by atoms with E-state index in [4.69, 9.17) is 0 Å². The quantitative estimate of drug-likeness (QED) is 0.381. The van der Waals surface area contributed by atoms with Gasteiger partial charge in [-0.2, -0.15) is 0 Å². The van der Waals surface area contributed by atoms with E-state index in [2.05, 4.69) is 16.6 Å². The highest BCUT2D eigenvalue weighted by Crippen LogP contribution is 2.07. The van der Waals surface area contributed by atoms with Gasteiger partial charge >= 0.3 is 5.97 Å². The fraction of sp³-hybridized carbons (Fsp3) is 0.667. The van der Waals surface area contributed by atoms with Crippen LogP contribution in [0.15, 0.2) is 0 Å². The van der Waals surface area contributed by atoms with E-state index in [9.17, 15) is 4.79 Å². The minimum absolute atomic E-state index is 0.245. The van der Waals surface area contributed by atoms with Gasteiger partial charge in [-0.15, -0.1) is 11.8 Å². The van der Waals surface area contributed by atoms with Crippen LogP contribution < -0.4 is 0 Å². The molecule has 0 saturated heterocycles. The lowest BCUT2D eigenvalue weighted by Crippen LogP contribution is -2.02. The van der Waals surface area contributed by atoms with Crippen molar-refractivity contribution in [2.75, 3.05) is 12.9 Å². The van der Waals surface area contributed by atoms with Crippen LogP contribution in [0.3, 0.4) is 0 Å². The molecule has 0 spiro atoms. The summed E-state index contributed by atoms with van der Waals surface area (Å²) < 4.78 is 4.66. The zero-order chi connectivity index (χ0) is 9.40. The highest BCUT2D eigenvalue weighted by atomic mass is 32.2. The Bertz CT molecular complexity index is 186. The number of hydrogen-bond donors (Lipinski definition) is 0. The molecule has 0 aromatic rings. The first-order valence-corrected chi connectivity index (χ1v) is 5.24. The van der Waals surface area contributed by atoms with E-state index >= 15 is 0 Å². The molecule has 12 heavy (non-hydrogen) atoms. The number of ether oxygens (including phenoxy) is 1. The summed E-state index contributed by atoms with van der Waals surface area (Å²) in [5, 5.41) is 0.245. The summed E-state index contributed by atoms with van der Waals surface area (Å²) in [4.78, 5) is 10.8. The molecule has 0 rings (SSSR count). The molecule has 0 aliphatic heterocycles. The largest absolute Gasteiger partial charge is 0.456 e. The summed E-state index contributed by atoms with van der Waals surface area (Å²) in [7, 11) is 0. The number of rotatable bonds is 3. The molecule has 68 valence electrons. The number of hydrogen-bond acceptors (Lipinski definition) is 3. The average molecular weight is 186 g/mol. The summed E-state index contributed by atoms with van der Waals surface area (Å²) in [5.41, 5.74) is 0. The predicted molar refractivity (Wildman–Crippen MR) is 52.0 cm³/mol. The van der Waals surface area contributed by atoms with Gasteiger partial charge in [0, 0.05) is 5.92 Å². The smallest absolute Gasteiger partial charge is 0.384 e. The molecule has 2 nitrogen and oxygen atoms in total. The molecule has 0 amide bonds. The fourth-order valence-corrected chi connectivity index (χ4v) is 1.14. The zero-order valence-electron chi connectivity index (χ0n) is 7.72. The van der Waals surface area contributed by atoms with Crippen molar-refractivity contribution in [2.24, 2.45) is 0 Å². The second-order valence-corrected chi connectivity index (χ2v) is 3.16. The van der Waals surface area contributed by atoms with Crippen LogP contribution in [-0.2, 0) is 9.53 Å². The van der Waals surface area contributed by atoms with Crippen molar-refractivity contribution in [3.63, 3.8) is 0 Å². The van der Waals surface area contributed by atoms with Gasteiger partial charge in [-0.3, -0.25) is 0 Å². The highest BCUT2D eigenvalue weighted by Gasteiger charge is 1.98. The van der Waals surface area contributed by atoms with Gasteiger partial charge in [0.1, 0.15) is 0 Å². The van der Waals surface area contributed by atoms with E-state index < -0.39 is 5.97 Å². The van der Waals surface area contributed by atoms with Crippen molar-refractivity contribution in [1.29, 1.82) is 0 Å². The van der Waals surface area contributed by atoms with Crippen molar-refractivity contribution in [3.05, 3.63) is 0 Å². The van der Waals surface area contributed by atoms with Crippen LogP contribution in [0.1, 0.15) is 20.3 Å². The van der Waals surface area contributed by atoms with Crippen LogP contribution >= 0.6 is 11.8 Å². The van der Waals surface area contributed by atoms with Crippen LogP contribution in [0.4, 0.5) is 0 Å². The Kier molecular flexibility index (Phi) is 6.69. The third-order valence-corrected chi connectivity index (χ3v) is 2.29. The van der Waals surface area contributed by atoms with Crippen molar-refractivity contribution in [3.8, 4) is 11.8 Å². The summed E-state index contributed by atoms with van der Waals surface area (Å²) in [5.74, 6) is 4.87. The molecule has 1 unspecified atom stereocenters. The van der Waals surface area contributed by atoms with Gasteiger partial charge in [-0.25, -0.2) is 4.79 Å². The molecule has 0 fully saturated rings. The molecule has 0 bridgehead atoms. The molecule has 0 aromatic carbocycles. The predicted octanol–water partition coefficient (Wildman–Crippen LogP) is 1.69. The average Bonchev–Trinajstić information content (AvgIpc) is 2.07. The van der Waals surface area contributed by atoms with Gasteiger partial charge in [0.2, 0.25) is 0 Å². The number of esters is 1. The van der Waals surface area contributed by atoms with Gasteiger partial charge < -0.3 is 4.74 Å². The number of carbonyl (C=O) groups is 1. The Morgan fingerprint density at radius 3 is 2.67 bits per heavy atom. The van der Waals surface area contributed by atoms with E-state index in [0.717, 1.165) is 6.42 Å². The third kappa shape index (κ3) is 5.09. The van der Waals surface area contributed by atoms with Crippen LogP contribution in [0.25, 0.3) is 0 Å². The topological polar surface area (TPSA) is 26.3 Å². The maximum Gasteiger partial charge on any atom is 0.384 e. The Hall–Kier alpha value is -0.620. The van der Waals surface area contributed by atoms with E-state index in [-0.39, 0.29) is 5.25 Å². The van der Waals surface area contributed by atoms with Crippen molar-refractivity contribution < 1.29 is 9.53 Å². The lowest BCUT2D eigenvalue weighted by Gasteiger charge is -2.00. The second kappa shape index (κ2) is 7.05. The molecule has 0 aromatic heterocycles. The normalized spacial score (nSPS) is 11.2. The number of carbonyl (C=O) groups excluding carboxylic acids is 1. The van der Waals surface area contributed by atoms with Gasteiger partial charge in [-0.1, -0.05) is 12.8 Å². The first-order chi connectivity index (χ1) is 5.74. The number of thioether (sulfide) groups is 1. The van der Waals surface area contributed by atoms with Crippen LogP contribution in [0, 0.1) is 11.8 Å². The van der Waals surface area contributed by atoms with Crippen molar-refractivity contribution >= 4 is 17.7 Å². The lowest BCUT2D eigenvalue weighted by atomic mass is 10.3. The van der Waals surface area contributed by atoms with Gasteiger partial charge in [0.05, 0.1) is 11.9 Å². The van der Waals surface area contributed by atoms with Gasteiger partial charge in [-0.05, 0) is 19.6 Å². The minimum Gasteiger partial charge on any atom is -0.456 e. The first kappa shape index (κ1) is 11.4. The monoisotopic (exact) mass is 186 g/mol. The minimum atomic E-state index is -0.426. The van der Waals surface area contributed by atoms with Gasteiger partial charge in [0.15, 0.2) is 0 Å². The lowest BCUT2D eigenvalue weighted by molar-refractivity contribution is -0.136. The maximum atomic E-state index is 10.8. The van der Waals surface area contributed by atoms with Crippen LogP contribution in [0.5, 0.6) is 0 Å². The van der Waals surface area contributed by atoms with Gasteiger partial charge in [0.25, 0.3) is 0 Å². The third-order valence-electron chi connectivity index (χ3n) is 1.27. The molecule has 0 radical (unpaired) electrons. The molecular weight excluding hydrogens is 172 g/mol. The molecule has 0 aliphatic rings. The first-order valence-electron chi connectivity index (χ1n) is 3.95.